The molecule has 0 radical (unpaired) electrons. The number of H-pyrrole nitrogens is 1. The van der Waals surface area contributed by atoms with Crippen molar-refractivity contribution in [2.45, 2.75) is 0 Å². The summed E-state index contributed by atoms with van der Waals surface area (Å²) in [7, 11) is 0. The van der Waals surface area contributed by atoms with Gasteiger partial charge in [-0.1, -0.05) is 127 Å². The molecule has 1 aromatic heterocycles. The van der Waals surface area contributed by atoms with Crippen LogP contribution in [0.25, 0.3) is 33.5 Å². The summed E-state index contributed by atoms with van der Waals surface area (Å²) in [6, 6.07) is 40.1. The number of ketones is 2. The summed E-state index contributed by atoms with van der Waals surface area (Å²) in [5.41, 5.74) is 6.19. The molecule has 1 aliphatic carbocycles. The minimum absolute atomic E-state index is 0.167. The van der Waals surface area contributed by atoms with Crippen LogP contribution in [0, 0.1) is 0 Å². The minimum atomic E-state index is -0.847. The Bertz CT molecular complexity index is 1980. The van der Waals surface area contributed by atoms with E-state index in [0.29, 0.717) is 22.5 Å². The smallest absolute Gasteiger partial charge is 0.235 e. The number of allylic oxidation sites excluding steroid dienone is 4. The molecule has 0 unspecified atom stereocenters. The third kappa shape index (κ3) is 4.25. The van der Waals surface area contributed by atoms with Crippen LogP contribution in [0.2, 0.25) is 0 Å². The van der Waals surface area contributed by atoms with Gasteiger partial charge in [-0.05, 0) is 28.8 Å². The van der Waals surface area contributed by atoms with Gasteiger partial charge in [-0.25, -0.2) is 4.99 Å². The van der Waals surface area contributed by atoms with E-state index in [-0.39, 0.29) is 16.8 Å². The van der Waals surface area contributed by atoms with Crippen LogP contribution in [0.5, 0.6) is 0 Å². The number of rotatable bonds is 5. The van der Waals surface area contributed by atoms with E-state index < -0.39 is 17.3 Å². The van der Waals surface area contributed by atoms with Crippen LogP contribution in [-0.4, -0.2) is 22.3 Å². The zero-order valence-electron chi connectivity index (χ0n) is 22.4. The van der Waals surface area contributed by atoms with Crippen LogP contribution >= 0.6 is 0 Å². The van der Waals surface area contributed by atoms with E-state index in [0.717, 1.165) is 27.9 Å². The molecule has 5 nitrogen and oxygen atoms in total. The fourth-order valence-electron chi connectivity index (χ4n) is 5.47. The van der Waals surface area contributed by atoms with Crippen molar-refractivity contribution in [1.82, 2.24) is 4.98 Å². The zero-order valence-corrected chi connectivity index (χ0v) is 22.4. The second kappa shape index (κ2) is 10.3. The molecule has 4 aromatic carbocycles. The summed E-state index contributed by atoms with van der Waals surface area (Å²) in [6.45, 7) is 0. The Morgan fingerprint density at radius 1 is 0.571 bits per heavy atom. The number of aromatic amines is 1. The number of hydrogen-bond acceptors (Lipinski definition) is 4. The summed E-state index contributed by atoms with van der Waals surface area (Å²) in [5, 5.41) is 14.2. The molecule has 0 bridgehead atoms. The fourth-order valence-corrected chi connectivity index (χ4v) is 5.47. The standard InChI is InChI=1S/C37H24N2O3/c40-35-31(33-27(23-13-5-1-6-14-23)21-29(38-33)25-17-9-3-10-18-25)36(41)37(42)32(35)34-28(24-15-7-2-8-16-24)22-30(39-34)26-19-11-4-12-20-26/h1-22,38,40H/p-1/b34-32+. The van der Waals surface area contributed by atoms with Gasteiger partial charge in [0.15, 0.2) is 0 Å². The molecule has 5 heteroatoms. The summed E-state index contributed by atoms with van der Waals surface area (Å²) in [6.07, 6.45) is 1.87. The molecule has 0 spiro atoms. The maximum Gasteiger partial charge on any atom is 0.235 e. The van der Waals surface area contributed by atoms with Crippen molar-refractivity contribution in [3.8, 4) is 22.4 Å². The first-order valence-corrected chi connectivity index (χ1v) is 13.6. The van der Waals surface area contributed by atoms with Gasteiger partial charge >= 0.3 is 0 Å². The van der Waals surface area contributed by atoms with Crippen molar-refractivity contribution < 1.29 is 14.7 Å². The van der Waals surface area contributed by atoms with Crippen molar-refractivity contribution >= 4 is 28.4 Å². The third-order valence-electron chi connectivity index (χ3n) is 7.51. The highest BCUT2D eigenvalue weighted by atomic mass is 16.3. The zero-order chi connectivity index (χ0) is 28.6. The van der Waals surface area contributed by atoms with E-state index in [9.17, 15) is 14.7 Å². The SMILES string of the molecule is O=C1C(=O)/C(=C2/N=C(c3ccccc3)C=C2c2ccccc2)C([O-])=C1c1[nH]c(-c2ccccc2)cc1-c1ccccc1. The number of nitrogens with one attached hydrogen (secondary N) is 1. The van der Waals surface area contributed by atoms with Gasteiger partial charge in [0.25, 0.3) is 0 Å². The molecule has 2 heterocycles. The predicted molar refractivity (Wildman–Crippen MR) is 163 cm³/mol. The first kappa shape index (κ1) is 25.2. The van der Waals surface area contributed by atoms with Crippen LogP contribution in [0.4, 0.5) is 0 Å². The Kier molecular flexibility index (Phi) is 6.18. The monoisotopic (exact) mass is 543 g/mol. The molecule has 0 saturated heterocycles. The van der Waals surface area contributed by atoms with Crippen molar-refractivity contribution in [3.05, 3.63) is 167 Å². The van der Waals surface area contributed by atoms with E-state index >= 15 is 0 Å². The molecule has 200 valence electrons. The van der Waals surface area contributed by atoms with E-state index in [1.807, 2.05) is 133 Å². The minimum Gasteiger partial charge on any atom is -0.871 e. The number of carbonyl (C=O) groups excluding carboxylic acids is 2. The Labute approximate surface area is 242 Å². The topological polar surface area (TPSA) is 85.3 Å². The predicted octanol–water partition coefficient (Wildman–Crippen LogP) is 6.41. The Morgan fingerprint density at radius 3 is 1.67 bits per heavy atom. The van der Waals surface area contributed by atoms with Gasteiger partial charge in [0, 0.05) is 33.5 Å². The molecule has 1 N–H and O–H groups in total. The van der Waals surface area contributed by atoms with E-state index in [1.165, 1.54) is 0 Å². The van der Waals surface area contributed by atoms with Gasteiger partial charge in [-0.15, -0.1) is 0 Å². The highest BCUT2D eigenvalue weighted by Crippen LogP contribution is 2.42. The molecular formula is C37H23N2O3-. The van der Waals surface area contributed by atoms with Gasteiger partial charge in [-0.3, -0.25) is 9.59 Å². The Hall–Kier alpha value is -5.81. The van der Waals surface area contributed by atoms with Crippen molar-refractivity contribution in [2.75, 3.05) is 0 Å². The molecule has 2 aliphatic rings. The second-order valence-corrected chi connectivity index (χ2v) is 10.1. The molecule has 0 fully saturated rings. The maximum absolute atomic E-state index is 14.2. The van der Waals surface area contributed by atoms with Gasteiger partial charge in [-0.2, -0.15) is 0 Å². The van der Waals surface area contributed by atoms with E-state index in [4.69, 9.17) is 4.99 Å². The number of aliphatic imine (C=N–C) groups is 1. The molecule has 0 amide bonds. The summed E-state index contributed by atoms with van der Waals surface area (Å²) < 4.78 is 0. The van der Waals surface area contributed by atoms with Gasteiger partial charge < -0.3 is 10.1 Å². The summed E-state index contributed by atoms with van der Waals surface area (Å²) >= 11 is 0. The molecule has 5 aromatic rings. The number of nitrogens with zero attached hydrogens (tertiary/aromatic N) is 1. The number of carbonyl (C=O) groups is 2. The third-order valence-corrected chi connectivity index (χ3v) is 7.51. The van der Waals surface area contributed by atoms with Gasteiger partial charge in [0.05, 0.1) is 17.1 Å². The number of aromatic nitrogens is 1. The van der Waals surface area contributed by atoms with E-state index in [1.54, 1.807) is 0 Å². The van der Waals surface area contributed by atoms with Crippen LogP contribution in [0.3, 0.4) is 0 Å². The fraction of sp³-hybridized carbons (Fsp3) is 0. The lowest BCUT2D eigenvalue weighted by Gasteiger charge is -2.15. The van der Waals surface area contributed by atoms with Crippen LogP contribution in [0.1, 0.15) is 16.8 Å². The molecule has 0 saturated carbocycles. The second-order valence-electron chi connectivity index (χ2n) is 10.1. The molecule has 42 heavy (non-hydrogen) atoms. The van der Waals surface area contributed by atoms with Gasteiger partial charge in [0.2, 0.25) is 11.6 Å². The summed E-state index contributed by atoms with van der Waals surface area (Å²) in [5.74, 6) is -2.31. The van der Waals surface area contributed by atoms with Crippen LogP contribution < -0.4 is 5.11 Å². The highest BCUT2D eigenvalue weighted by Gasteiger charge is 2.38. The largest absolute Gasteiger partial charge is 0.871 e. The first-order valence-electron chi connectivity index (χ1n) is 13.6. The van der Waals surface area contributed by atoms with Crippen molar-refractivity contribution in [3.63, 3.8) is 0 Å². The lowest BCUT2D eigenvalue weighted by molar-refractivity contribution is -0.294. The maximum atomic E-state index is 14.2. The van der Waals surface area contributed by atoms with Crippen LogP contribution in [-0.2, 0) is 9.59 Å². The Balaban J connectivity index is 1.46. The molecule has 1 aliphatic heterocycles. The first-order chi connectivity index (χ1) is 20.6. The molecule has 7 rings (SSSR count). The van der Waals surface area contributed by atoms with Gasteiger partial charge in [0.1, 0.15) is 0 Å². The average Bonchev–Trinajstić information content (AvgIpc) is 3.74. The van der Waals surface area contributed by atoms with Crippen molar-refractivity contribution in [1.29, 1.82) is 0 Å². The van der Waals surface area contributed by atoms with E-state index in [2.05, 4.69) is 4.98 Å². The average molecular weight is 544 g/mol. The lowest BCUT2D eigenvalue weighted by Crippen LogP contribution is -2.13. The molecular weight excluding hydrogens is 520 g/mol. The number of Topliss-reactive ketones (excluding diaryl/α,β-unsaturated/α-hetero) is 2. The van der Waals surface area contributed by atoms with Crippen LogP contribution in [0.15, 0.2) is 155 Å². The quantitative estimate of drug-likeness (QED) is 0.205. The lowest BCUT2D eigenvalue weighted by atomic mass is 9.98. The molecule has 0 atom stereocenters. The Morgan fingerprint density at radius 2 is 1.07 bits per heavy atom. The normalized spacial score (nSPS) is 16.7. The number of benzene rings is 4. The van der Waals surface area contributed by atoms with Crippen molar-refractivity contribution in [2.24, 2.45) is 4.99 Å². The summed E-state index contributed by atoms with van der Waals surface area (Å²) in [4.78, 5) is 35.4. The number of hydrogen-bond donors (Lipinski definition) is 1. The highest BCUT2D eigenvalue weighted by molar-refractivity contribution is 6.63.